The van der Waals surface area contributed by atoms with Crippen LogP contribution in [0.15, 0.2) is 0 Å². The monoisotopic (exact) mass is 249 g/mol. The number of nitrogens with zero attached hydrogens (tertiary/aromatic N) is 2. The van der Waals surface area contributed by atoms with E-state index in [1.165, 1.54) is 4.57 Å². The zero-order valence-electron chi connectivity index (χ0n) is 8.82. The standard InChI is InChI=1S/C9H13F2N3OS/c1-15-6-2-5(3-6)8-12-13-9(16)14(8)4-7(10)11/h5-7H,2-4H2,1H3,(H,13,16). The lowest BCUT2D eigenvalue weighted by atomic mass is 9.81. The highest BCUT2D eigenvalue weighted by Crippen LogP contribution is 2.37. The molecule has 1 heterocycles. The second-order valence-corrected chi connectivity index (χ2v) is 4.30. The minimum Gasteiger partial charge on any atom is -0.381 e. The molecule has 90 valence electrons. The molecule has 0 bridgehead atoms. The van der Waals surface area contributed by atoms with Crippen molar-refractivity contribution in [2.45, 2.75) is 37.8 Å². The summed E-state index contributed by atoms with van der Waals surface area (Å²) in [7, 11) is 1.65. The van der Waals surface area contributed by atoms with Crippen LogP contribution >= 0.6 is 12.2 Å². The molecule has 0 aliphatic heterocycles. The predicted octanol–water partition coefficient (Wildman–Crippen LogP) is 2.10. The molecule has 0 radical (unpaired) electrons. The lowest BCUT2D eigenvalue weighted by Crippen LogP contribution is -2.31. The van der Waals surface area contributed by atoms with Crippen molar-refractivity contribution in [2.75, 3.05) is 7.11 Å². The van der Waals surface area contributed by atoms with Crippen LogP contribution in [0, 0.1) is 4.77 Å². The molecule has 1 fully saturated rings. The molecule has 0 unspecified atom stereocenters. The first-order valence-corrected chi connectivity index (χ1v) is 5.48. The number of nitrogens with one attached hydrogen (secondary N) is 1. The molecule has 1 aliphatic rings. The minimum atomic E-state index is -2.42. The first kappa shape index (κ1) is 11.7. The largest absolute Gasteiger partial charge is 0.381 e. The van der Waals surface area contributed by atoms with E-state index < -0.39 is 13.0 Å². The maximum absolute atomic E-state index is 12.4. The summed E-state index contributed by atoms with van der Waals surface area (Å²) in [5, 5.41) is 6.58. The van der Waals surface area contributed by atoms with Gasteiger partial charge in [0.25, 0.3) is 6.43 Å². The van der Waals surface area contributed by atoms with Crippen molar-refractivity contribution in [3.8, 4) is 0 Å². The van der Waals surface area contributed by atoms with Crippen LogP contribution in [0.25, 0.3) is 0 Å². The van der Waals surface area contributed by atoms with Gasteiger partial charge in [0, 0.05) is 13.0 Å². The van der Waals surface area contributed by atoms with Gasteiger partial charge in [0.15, 0.2) is 4.77 Å². The summed E-state index contributed by atoms with van der Waals surface area (Å²) in [6.45, 7) is -0.390. The highest BCUT2D eigenvalue weighted by atomic mass is 32.1. The number of hydrogen-bond acceptors (Lipinski definition) is 3. The Morgan fingerprint density at radius 1 is 1.62 bits per heavy atom. The zero-order valence-corrected chi connectivity index (χ0v) is 9.64. The average Bonchev–Trinajstić information content (AvgIpc) is 2.47. The average molecular weight is 249 g/mol. The van der Waals surface area contributed by atoms with E-state index >= 15 is 0 Å². The molecule has 0 aromatic carbocycles. The van der Waals surface area contributed by atoms with E-state index in [4.69, 9.17) is 17.0 Å². The molecule has 1 saturated carbocycles. The molecular weight excluding hydrogens is 236 g/mol. The number of hydrogen-bond donors (Lipinski definition) is 1. The third-order valence-corrected chi connectivity index (χ3v) is 3.21. The maximum Gasteiger partial charge on any atom is 0.256 e. The number of alkyl halides is 2. The molecule has 0 spiro atoms. The fraction of sp³-hybridized carbons (Fsp3) is 0.778. The van der Waals surface area contributed by atoms with Gasteiger partial charge in [-0.05, 0) is 25.1 Å². The normalized spacial score (nSPS) is 24.8. The Morgan fingerprint density at radius 2 is 2.31 bits per heavy atom. The van der Waals surface area contributed by atoms with Crippen molar-refractivity contribution in [1.29, 1.82) is 0 Å². The second-order valence-electron chi connectivity index (χ2n) is 3.91. The quantitative estimate of drug-likeness (QED) is 0.831. The molecule has 1 aromatic rings. The molecule has 1 aromatic heterocycles. The molecule has 0 amide bonds. The molecule has 0 saturated heterocycles. The minimum absolute atomic E-state index is 0.177. The van der Waals surface area contributed by atoms with E-state index in [1.807, 2.05) is 0 Å². The third-order valence-electron chi connectivity index (χ3n) is 2.90. The number of aromatic nitrogens is 3. The molecular formula is C9H13F2N3OS. The predicted molar refractivity (Wildman–Crippen MR) is 56.2 cm³/mol. The van der Waals surface area contributed by atoms with E-state index in [1.54, 1.807) is 7.11 Å². The van der Waals surface area contributed by atoms with Gasteiger partial charge in [-0.2, -0.15) is 5.10 Å². The molecule has 2 rings (SSSR count). The number of ether oxygens (including phenoxy) is 1. The summed E-state index contributed by atoms with van der Waals surface area (Å²) in [4.78, 5) is 0. The van der Waals surface area contributed by atoms with Crippen LogP contribution in [0.3, 0.4) is 0 Å². The summed E-state index contributed by atoms with van der Waals surface area (Å²) >= 11 is 4.92. The van der Waals surface area contributed by atoms with Gasteiger partial charge in [-0.1, -0.05) is 0 Å². The molecule has 0 atom stereocenters. The van der Waals surface area contributed by atoms with Crippen molar-refractivity contribution in [1.82, 2.24) is 14.8 Å². The van der Waals surface area contributed by atoms with Gasteiger partial charge in [-0.25, -0.2) is 8.78 Å². The van der Waals surface area contributed by atoms with Crippen molar-refractivity contribution < 1.29 is 13.5 Å². The van der Waals surface area contributed by atoms with Crippen molar-refractivity contribution in [3.05, 3.63) is 10.6 Å². The Hall–Kier alpha value is -0.820. The van der Waals surface area contributed by atoms with Crippen LogP contribution in [-0.2, 0) is 11.3 Å². The van der Waals surface area contributed by atoms with Crippen LogP contribution in [0.5, 0.6) is 0 Å². The maximum atomic E-state index is 12.4. The van der Waals surface area contributed by atoms with Crippen LogP contribution in [0.4, 0.5) is 8.78 Å². The smallest absolute Gasteiger partial charge is 0.256 e. The SMILES string of the molecule is COC1CC(c2n[nH]c(=S)n2CC(F)F)C1. The van der Waals surface area contributed by atoms with Crippen LogP contribution in [0.2, 0.25) is 0 Å². The van der Waals surface area contributed by atoms with Crippen molar-refractivity contribution in [2.24, 2.45) is 0 Å². The Balaban J connectivity index is 2.13. The highest BCUT2D eigenvalue weighted by molar-refractivity contribution is 7.71. The lowest BCUT2D eigenvalue weighted by molar-refractivity contribution is 0.0218. The molecule has 16 heavy (non-hydrogen) atoms. The van der Waals surface area contributed by atoms with E-state index in [0.29, 0.717) is 5.82 Å². The van der Waals surface area contributed by atoms with Crippen molar-refractivity contribution in [3.63, 3.8) is 0 Å². The number of halogens is 2. The highest BCUT2D eigenvalue weighted by Gasteiger charge is 2.34. The van der Waals surface area contributed by atoms with E-state index in [9.17, 15) is 8.78 Å². The Morgan fingerprint density at radius 3 is 2.88 bits per heavy atom. The summed E-state index contributed by atoms with van der Waals surface area (Å²) in [5.41, 5.74) is 0. The first-order chi connectivity index (χ1) is 7.61. The fourth-order valence-corrected chi connectivity index (χ4v) is 2.14. The van der Waals surface area contributed by atoms with Crippen LogP contribution < -0.4 is 0 Å². The summed E-state index contributed by atoms with van der Waals surface area (Å²) in [5.74, 6) is 0.801. The number of rotatable bonds is 4. The molecule has 1 N–H and O–H groups in total. The van der Waals surface area contributed by atoms with Gasteiger partial charge in [0.2, 0.25) is 0 Å². The summed E-state index contributed by atoms with van der Waals surface area (Å²) in [6, 6.07) is 0. The third kappa shape index (κ3) is 2.15. The first-order valence-electron chi connectivity index (χ1n) is 5.08. The van der Waals surface area contributed by atoms with E-state index in [0.717, 1.165) is 12.8 Å². The number of methoxy groups -OCH3 is 1. The van der Waals surface area contributed by atoms with Gasteiger partial charge >= 0.3 is 0 Å². The van der Waals surface area contributed by atoms with Crippen LogP contribution in [-0.4, -0.2) is 34.4 Å². The lowest BCUT2D eigenvalue weighted by Gasteiger charge is -2.33. The molecule has 4 nitrogen and oxygen atoms in total. The summed E-state index contributed by atoms with van der Waals surface area (Å²) < 4.78 is 31.5. The van der Waals surface area contributed by atoms with E-state index in [2.05, 4.69) is 10.2 Å². The fourth-order valence-electron chi connectivity index (χ4n) is 1.92. The Kier molecular flexibility index (Phi) is 3.34. The number of H-pyrrole nitrogens is 1. The Labute approximate surface area is 96.6 Å². The summed E-state index contributed by atoms with van der Waals surface area (Å²) in [6.07, 6.45) is -0.560. The van der Waals surface area contributed by atoms with Gasteiger partial charge in [0.1, 0.15) is 5.82 Å². The molecule has 7 heteroatoms. The number of aromatic amines is 1. The van der Waals surface area contributed by atoms with Gasteiger partial charge in [0.05, 0.1) is 12.6 Å². The van der Waals surface area contributed by atoms with Crippen LogP contribution in [0.1, 0.15) is 24.6 Å². The van der Waals surface area contributed by atoms with E-state index in [-0.39, 0.29) is 16.8 Å². The van der Waals surface area contributed by atoms with Gasteiger partial charge in [-0.15, -0.1) is 0 Å². The molecule has 1 aliphatic carbocycles. The Bertz CT molecular complexity index is 411. The second kappa shape index (κ2) is 4.58. The van der Waals surface area contributed by atoms with Gasteiger partial charge < -0.3 is 4.74 Å². The van der Waals surface area contributed by atoms with Crippen molar-refractivity contribution >= 4 is 12.2 Å². The van der Waals surface area contributed by atoms with Gasteiger partial charge in [-0.3, -0.25) is 9.67 Å². The topological polar surface area (TPSA) is 42.8 Å². The zero-order chi connectivity index (χ0) is 11.7.